The van der Waals surface area contributed by atoms with Crippen LogP contribution in [-0.2, 0) is 9.59 Å². The zero-order chi connectivity index (χ0) is 18.4. The van der Waals surface area contributed by atoms with E-state index in [1.54, 1.807) is 4.90 Å². The molecule has 1 unspecified atom stereocenters. The van der Waals surface area contributed by atoms with Crippen LogP contribution in [0.3, 0.4) is 0 Å². The molecule has 2 fully saturated rings. The summed E-state index contributed by atoms with van der Waals surface area (Å²) in [6.45, 7) is 7.32. The molecule has 2 aliphatic carbocycles. The summed E-state index contributed by atoms with van der Waals surface area (Å²) in [6.07, 6.45) is 5.30. The molecule has 5 heteroatoms. The summed E-state index contributed by atoms with van der Waals surface area (Å²) in [7, 11) is 0. The molecule has 1 aliphatic heterocycles. The highest BCUT2D eigenvalue weighted by atomic mass is 16.2. The maximum atomic E-state index is 13.0. The van der Waals surface area contributed by atoms with Gasteiger partial charge in [0.05, 0.1) is 5.92 Å². The summed E-state index contributed by atoms with van der Waals surface area (Å²) >= 11 is 0. The van der Waals surface area contributed by atoms with Crippen molar-refractivity contribution in [2.75, 3.05) is 13.1 Å². The summed E-state index contributed by atoms with van der Waals surface area (Å²) in [4.78, 5) is 38.9. The van der Waals surface area contributed by atoms with Crippen LogP contribution in [0.1, 0.15) is 52.9 Å². The summed E-state index contributed by atoms with van der Waals surface area (Å²) in [5.41, 5.74) is 8.50. The van der Waals surface area contributed by atoms with Crippen molar-refractivity contribution in [3.63, 3.8) is 0 Å². The lowest BCUT2D eigenvalue weighted by Gasteiger charge is -2.45. The second-order valence-electron chi connectivity index (χ2n) is 8.28. The van der Waals surface area contributed by atoms with Crippen LogP contribution in [0, 0.1) is 17.3 Å². The number of nitrogens with zero attached hydrogens (tertiary/aromatic N) is 1. The monoisotopic (exact) mass is 344 g/mol. The van der Waals surface area contributed by atoms with Crippen LogP contribution in [0.15, 0.2) is 22.8 Å². The number of amides is 2. The third kappa shape index (κ3) is 3.29. The standard InChI is InChI=1S/C20H28N2O3/c1-12-8-13(2)17(14(3)9-12)18-15(23)10-20(11-16(18)24)4-6-22(7-5-20)19(21)25/h8,14,18H,4-7,9-11H2,1-3H3,(H2,21,25). The smallest absolute Gasteiger partial charge is 0.314 e. The highest BCUT2D eigenvalue weighted by Gasteiger charge is 2.48. The molecule has 25 heavy (non-hydrogen) atoms. The van der Waals surface area contributed by atoms with E-state index in [-0.39, 0.29) is 22.9 Å². The predicted octanol–water partition coefficient (Wildman–Crippen LogP) is 3.00. The number of hydrogen-bond donors (Lipinski definition) is 1. The van der Waals surface area contributed by atoms with E-state index in [9.17, 15) is 14.4 Å². The molecule has 0 bridgehead atoms. The van der Waals surface area contributed by atoms with E-state index >= 15 is 0 Å². The lowest BCUT2D eigenvalue weighted by molar-refractivity contribution is -0.140. The molecule has 3 aliphatic rings. The normalized spacial score (nSPS) is 27.7. The number of Topliss-reactive ketones (excluding diaryl/α,β-unsaturated/α-hetero) is 2. The summed E-state index contributed by atoms with van der Waals surface area (Å²) in [5.74, 6) is -0.177. The third-order valence-corrected chi connectivity index (χ3v) is 6.27. The number of carbonyl (C=O) groups excluding carboxylic acids is 3. The fraction of sp³-hybridized carbons (Fsp3) is 0.650. The topological polar surface area (TPSA) is 80.5 Å². The average Bonchev–Trinajstić information content (AvgIpc) is 2.49. The molecule has 136 valence electrons. The van der Waals surface area contributed by atoms with Gasteiger partial charge in [-0.15, -0.1) is 0 Å². The van der Waals surface area contributed by atoms with Gasteiger partial charge in [0.25, 0.3) is 0 Å². The molecule has 5 nitrogen and oxygen atoms in total. The molecule has 2 amide bonds. The van der Waals surface area contributed by atoms with Crippen LogP contribution in [0.4, 0.5) is 4.79 Å². The van der Waals surface area contributed by atoms with E-state index in [1.165, 1.54) is 5.57 Å². The number of allylic oxidation sites excluding steroid dienone is 4. The molecule has 1 atom stereocenters. The van der Waals surface area contributed by atoms with Crippen molar-refractivity contribution < 1.29 is 14.4 Å². The van der Waals surface area contributed by atoms with Crippen LogP contribution in [0.2, 0.25) is 0 Å². The number of likely N-dealkylation sites (tertiary alicyclic amines) is 1. The Balaban J connectivity index is 1.80. The number of hydrogen-bond acceptors (Lipinski definition) is 3. The van der Waals surface area contributed by atoms with Crippen LogP contribution in [0.5, 0.6) is 0 Å². The van der Waals surface area contributed by atoms with Crippen LogP contribution >= 0.6 is 0 Å². The lowest BCUT2D eigenvalue weighted by atomic mass is 9.61. The largest absolute Gasteiger partial charge is 0.351 e. The molecule has 0 radical (unpaired) electrons. The molecule has 0 aromatic heterocycles. The highest BCUT2D eigenvalue weighted by Crippen LogP contribution is 2.47. The SMILES string of the molecule is CC1=CC(C)=C(C2C(=O)CC3(CCN(C(N)=O)CC3)CC2=O)C(C)C1. The van der Waals surface area contributed by atoms with Crippen LogP contribution in [0.25, 0.3) is 0 Å². The fourth-order valence-electron chi connectivity index (χ4n) is 5.09. The van der Waals surface area contributed by atoms with Gasteiger partial charge in [-0.1, -0.05) is 24.1 Å². The first-order chi connectivity index (χ1) is 11.7. The van der Waals surface area contributed by atoms with Gasteiger partial charge in [-0.2, -0.15) is 0 Å². The van der Waals surface area contributed by atoms with Crippen molar-refractivity contribution in [1.29, 1.82) is 0 Å². The number of carbonyl (C=O) groups is 3. The fourth-order valence-corrected chi connectivity index (χ4v) is 5.09. The van der Waals surface area contributed by atoms with E-state index in [4.69, 9.17) is 5.73 Å². The van der Waals surface area contributed by atoms with Gasteiger partial charge in [0.1, 0.15) is 11.6 Å². The number of urea groups is 1. The molecule has 0 aromatic rings. The molecule has 1 saturated heterocycles. The second-order valence-corrected chi connectivity index (χ2v) is 8.28. The zero-order valence-electron chi connectivity index (χ0n) is 15.4. The molecule has 1 saturated carbocycles. The Bertz CT molecular complexity index is 661. The van der Waals surface area contributed by atoms with Crippen molar-refractivity contribution in [1.82, 2.24) is 4.90 Å². The molecule has 0 aromatic carbocycles. The molecule has 3 rings (SSSR count). The first kappa shape index (κ1) is 17.9. The minimum Gasteiger partial charge on any atom is -0.351 e. The van der Waals surface area contributed by atoms with Gasteiger partial charge < -0.3 is 10.6 Å². The maximum Gasteiger partial charge on any atom is 0.314 e. The first-order valence-corrected chi connectivity index (χ1v) is 9.20. The van der Waals surface area contributed by atoms with Crippen LogP contribution < -0.4 is 5.73 Å². The van der Waals surface area contributed by atoms with Crippen molar-refractivity contribution in [3.8, 4) is 0 Å². The zero-order valence-corrected chi connectivity index (χ0v) is 15.4. The first-order valence-electron chi connectivity index (χ1n) is 9.20. The third-order valence-electron chi connectivity index (χ3n) is 6.27. The van der Waals surface area contributed by atoms with E-state index in [2.05, 4.69) is 19.9 Å². The lowest BCUT2D eigenvalue weighted by Crippen LogP contribution is -2.50. The number of ketones is 2. The number of nitrogens with two attached hydrogens (primary N) is 1. The Morgan fingerprint density at radius 3 is 2.20 bits per heavy atom. The maximum absolute atomic E-state index is 13.0. The van der Waals surface area contributed by atoms with Crippen molar-refractivity contribution >= 4 is 17.6 Å². The average molecular weight is 344 g/mol. The Morgan fingerprint density at radius 1 is 1.16 bits per heavy atom. The van der Waals surface area contributed by atoms with Gasteiger partial charge in [-0.3, -0.25) is 9.59 Å². The van der Waals surface area contributed by atoms with Gasteiger partial charge in [0.2, 0.25) is 0 Å². The Morgan fingerprint density at radius 2 is 1.72 bits per heavy atom. The Hall–Kier alpha value is -1.91. The Kier molecular flexibility index (Phi) is 4.60. The second kappa shape index (κ2) is 6.43. The van der Waals surface area contributed by atoms with Gasteiger partial charge in [-0.05, 0) is 50.0 Å². The van der Waals surface area contributed by atoms with Gasteiger partial charge in [-0.25, -0.2) is 4.79 Å². The van der Waals surface area contributed by atoms with Gasteiger partial charge in [0, 0.05) is 25.9 Å². The molecular weight excluding hydrogens is 316 g/mol. The minimum absolute atomic E-state index is 0.0675. The van der Waals surface area contributed by atoms with Gasteiger partial charge in [0.15, 0.2) is 0 Å². The Labute approximate surface area is 149 Å². The molecular formula is C20H28N2O3. The van der Waals surface area contributed by atoms with Crippen molar-refractivity contribution in [2.45, 2.75) is 52.9 Å². The molecule has 1 heterocycles. The number of rotatable bonds is 1. The van der Waals surface area contributed by atoms with E-state index in [1.807, 2.05) is 6.92 Å². The van der Waals surface area contributed by atoms with E-state index in [0.29, 0.717) is 38.8 Å². The summed E-state index contributed by atoms with van der Waals surface area (Å²) in [6, 6.07) is -0.417. The van der Waals surface area contributed by atoms with E-state index in [0.717, 1.165) is 17.6 Å². The van der Waals surface area contributed by atoms with Gasteiger partial charge >= 0.3 is 6.03 Å². The summed E-state index contributed by atoms with van der Waals surface area (Å²) < 4.78 is 0. The highest BCUT2D eigenvalue weighted by molar-refractivity contribution is 6.08. The van der Waals surface area contributed by atoms with E-state index < -0.39 is 11.9 Å². The van der Waals surface area contributed by atoms with Crippen LogP contribution in [-0.4, -0.2) is 35.6 Å². The number of primary amides is 1. The van der Waals surface area contributed by atoms with Crippen molar-refractivity contribution in [3.05, 3.63) is 22.8 Å². The molecule has 1 spiro atoms. The number of piperidine rings is 1. The van der Waals surface area contributed by atoms with Crippen molar-refractivity contribution in [2.24, 2.45) is 23.0 Å². The quantitative estimate of drug-likeness (QED) is 0.743. The predicted molar refractivity (Wildman–Crippen MR) is 95.8 cm³/mol. The molecule has 2 N–H and O–H groups in total. The minimum atomic E-state index is -0.556. The summed E-state index contributed by atoms with van der Waals surface area (Å²) in [5, 5.41) is 0.